The summed E-state index contributed by atoms with van der Waals surface area (Å²) in [5.74, 6) is 0.103. The van der Waals surface area contributed by atoms with E-state index in [0.29, 0.717) is 11.6 Å². The van der Waals surface area contributed by atoms with Gasteiger partial charge in [-0.15, -0.1) is 0 Å². The number of pyridine rings is 1. The van der Waals surface area contributed by atoms with Crippen molar-refractivity contribution in [2.24, 2.45) is 0 Å². The Morgan fingerprint density at radius 2 is 2.35 bits per heavy atom. The van der Waals surface area contributed by atoms with E-state index in [-0.39, 0.29) is 5.91 Å². The van der Waals surface area contributed by atoms with Gasteiger partial charge in [0, 0.05) is 25.3 Å². The Labute approximate surface area is 118 Å². The molecular formula is C15H20N4O. The number of nitrogens with zero attached hydrogens (tertiary/aromatic N) is 3. The lowest BCUT2D eigenvalue weighted by atomic mass is 10.0. The summed E-state index contributed by atoms with van der Waals surface area (Å²) in [6.45, 7) is 1.69. The number of carbonyl (C=O) groups is 1. The lowest BCUT2D eigenvalue weighted by Crippen LogP contribution is -2.48. The number of hydrogen-bond donors (Lipinski definition) is 1. The SMILES string of the molecule is CNCC1CCCCN1C(=O)c1cnn2ccccc12. The van der Waals surface area contributed by atoms with E-state index in [1.807, 2.05) is 36.3 Å². The summed E-state index contributed by atoms with van der Waals surface area (Å²) < 4.78 is 1.75. The van der Waals surface area contributed by atoms with Crippen molar-refractivity contribution in [3.05, 3.63) is 36.2 Å². The Hall–Kier alpha value is -1.88. The van der Waals surface area contributed by atoms with Crippen molar-refractivity contribution in [3.63, 3.8) is 0 Å². The van der Waals surface area contributed by atoms with E-state index in [1.165, 1.54) is 6.42 Å². The van der Waals surface area contributed by atoms with Crippen molar-refractivity contribution in [3.8, 4) is 0 Å². The second kappa shape index (κ2) is 5.63. The molecule has 0 radical (unpaired) electrons. The van der Waals surface area contributed by atoms with Gasteiger partial charge in [-0.25, -0.2) is 4.52 Å². The zero-order valence-corrected chi connectivity index (χ0v) is 11.7. The first-order valence-electron chi connectivity index (χ1n) is 7.19. The first-order chi connectivity index (χ1) is 9.81. The first kappa shape index (κ1) is 13.1. The number of nitrogens with one attached hydrogen (secondary N) is 1. The van der Waals surface area contributed by atoms with Gasteiger partial charge in [-0.05, 0) is 38.4 Å². The number of carbonyl (C=O) groups excluding carboxylic acids is 1. The van der Waals surface area contributed by atoms with Crippen molar-refractivity contribution in [1.29, 1.82) is 0 Å². The third-order valence-corrected chi connectivity index (χ3v) is 3.98. The average Bonchev–Trinajstić information content (AvgIpc) is 2.91. The van der Waals surface area contributed by atoms with Crippen molar-refractivity contribution in [1.82, 2.24) is 19.8 Å². The smallest absolute Gasteiger partial charge is 0.257 e. The predicted octanol–water partition coefficient (Wildman–Crippen LogP) is 1.55. The van der Waals surface area contributed by atoms with Crippen LogP contribution in [0.5, 0.6) is 0 Å². The van der Waals surface area contributed by atoms with E-state index in [9.17, 15) is 4.79 Å². The standard InChI is InChI=1S/C15H20N4O/c1-16-10-12-6-2-4-8-18(12)15(20)13-11-17-19-9-5-3-7-14(13)19/h3,5,7,9,11-12,16H,2,4,6,8,10H2,1H3. The minimum absolute atomic E-state index is 0.103. The van der Waals surface area contributed by atoms with E-state index < -0.39 is 0 Å². The highest BCUT2D eigenvalue weighted by atomic mass is 16.2. The summed E-state index contributed by atoms with van der Waals surface area (Å²) in [4.78, 5) is 14.8. The minimum Gasteiger partial charge on any atom is -0.334 e. The molecule has 2 aromatic rings. The fraction of sp³-hybridized carbons (Fsp3) is 0.467. The first-order valence-corrected chi connectivity index (χ1v) is 7.19. The van der Waals surface area contributed by atoms with Crippen LogP contribution in [0.15, 0.2) is 30.6 Å². The number of likely N-dealkylation sites (N-methyl/N-ethyl adjacent to an activating group) is 1. The molecule has 0 saturated carbocycles. The van der Waals surface area contributed by atoms with E-state index in [1.54, 1.807) is 10.7 Å². The molecule has 3 heterocycles. The molecule has 0 aliphatic carbocycles. The monoisotopic (exact) mass is 272 g/mol. The molecular weight excluding hydrogens is 252 g/mol. The maximum absolute atomic E-state index is 12.8. The van der Waals surface area contributed by atoms with Crippen LogP contribution in [-0.2, 0) is 0 Å². The number of likely N-dealkylation sites (tertiary alicyclic amines) is 1. The molecule has 1 aliphatic rings. The Kier molecular flexibility index (Phi) is 3.69. The summed E-state index contributed by atoms with van der Waals surface area (Å²) in [5, 5.41) is 7.45. The molecule has 1 N–H and O–H groups in total. The Balaban J connectivity index is 1.90. The lowest BCUT2D eigenvalue weighted by molar-refractivity contribution is 0.0617. The van der Waals surface area contributed by atoms with Gasteiger partial charge >= 0.3 is 0 Å². The highest BCUT2D eigenvalue weighted by Crippen LogP contribution is 2.21. The van der Waals surface area contributed by atoms with Gasteiger partial charge in [0.15, 0.2) is 0 Å². The van der Waals surface area contributed by atoms with Gasteiger partial charge in [-0.3, -0.25) is 4.79 Å². The molecule has 2 aromatic heterocycles. The largest absolute Gasteiger partial charge is 0.334 e. The maximum Gasteiger partial charge on any atom is 0.257 e. The minimum atomic E-state index is 0.103. The van der Waals surface area contributed by atoms with Crippen LogP contribution in [0.2, 0.25) is 0 Å². The molecule has 1 atom stereocenters. The molecule has 1 fully saturated rings. The van der Waals surface area contributed by atoms with E-state index in [0.717, 1.165) is 31.4 Å². The molecule has 20 heavy (non-hydrogen) atoms. The number of hydrogen-bond acceptors (Lipinski definition) is 3. The molecule has 3 rings (SSSR count). The maximum atomic E-state index is 12.8. The van der Waals surface area contributed by atoms with Gasteiger partial charge in [0.2, 0.25) is 0 Å². The van der Waals surface area contributed by atoms with E-state index >= 15 is 0 Å². The number of piperidine rings is 1. The molecule has 0 aromatic carbocycles. The highest BCUT2D eigenvalue weighted by Gasteiger charge is 2.28. The number of amides is 1. The van der Waals surface area contributed by atoms with Crippen molar-refractivity contribution >= 4 is 11.4 Å². The van der Waals surface area contributed by atoms with Gasteiger partial charge < -0.3 is 10.2 Å². The van der Waals surface area contributed by atoms with Crippen LogP contribution in [0.4, 0.5) is 0 Å². The van der Waals surface area contributed by atoms with Gasteiger partial charge in [0.25, 0.3) is 5.91 Å². The molecule has 0 spiro atoms. The van der Waals surface area contributed by atoms with Crippen LogP contribution in [0.1, 0.15) is 29.6 Å². The summed E-state index contributed by atoms with van der Waals surface area (Å²) in [6.07, 6.45) is 6.91. The zero-order valence-electron chi connectivity index (χ0n) is 11.7. The average molecular weight is 272 g/mol. The van der Waals surface area contributed by atoms with Crippen LogP contribution < -0.4 is 5.32 Å². The van der Waals surface area contributed by atoms with Crippen molar-refractivity contribution in [2.45, 2.75) is 25.3 Å². The number of fused-ring (bicyclic) bond motifs is 1. The number of aromatic nitrogens is 2. The van der Waals surface area contributed by atoms with Gasteiger partial charge in [0.05, 0.1) is 17.3 Å². The van der Waals surface area contributed by atoms with E-state index in [4.69, 9.17) is 0 Å². The molecule has 1 saturated heterocycles. The third kappa shape index (κ3) is 2.29. The van der Waals surface area contributed by atoms with Crippen LogP contribution >= 0.6 is 0 Å². The predicted molar refractivity (Wildman–Crippen MR) is 77.8 cm³/mol. The van der Waals surface area contributed by atoms with Gasteiger partial charge in [-0.2, -0.15) is 5.10 Å². The molecule has 1 unspecified atom stereocenters. The summed E-state index contributed by atoms with van der Waals surface area (Å²) in [6, 6.07) is 6.09. The quantitative estimate of drug-likeness (QED) is 0.922. The fourth-order valence-electron chi connectivity index (χ4n) is 2.97. The second-order valence-electron chi connectivity index (χ2n) is 5.29. The van der Waals surface area contributed by atoms with Gasteiger partial charge in [0.1, 0.15) is 0 Å². The molecule has 1 amide bonds. The summed E-state index contributed by atoms with van der Waals surface area (Å²) >= 11 is 0. The van der Waals surface area contributed by atoms with Crippen molar-refractivity contribution in [2.75, 3.05) is 20.1 Å². The normalized spacial score (nSPS) is 19.4. The van der Waals surface area contributed by atoms with Crippen LogP contribution in [0, 0.1) is 0 Å². The van der Waals surface area contributed by atoms with Gasteiger partial charge in [-0.1, -0.05) is 6.07 Å². The Morgan fingerprint density at radius 1 is 1.45 bits per heavy atom. The Bertz CT molecular complexity index is 605. The van der Waals surface area contributed by atoms with Crippen LogP contribution in [0.25, 0.3) is 5.52 Å². The topological polar surface area (TPSA) is 49.6 Å². The fourth-order valence-corrected chi connectivity index (χ4v) is 2.97. The Morgan fingerprint density at radius 3 is 3.20 bits per heavy atom. The van der Waals surface area contributed by atoms with Crippen LogP contribution in [-0.4, -0.2) is 46.6 Å². The summed E-state index contributed by atoms with van der Waals surface area (Å²) in [7, 11) is 1.94. The lowest BCUT2D eigenvalue weighted by Gasteiger charge is -2.35. The zero-order chi connectivity index (χ0) is 13.9. The molecule has 106 valence electrons. The molecule has 1 aliphatic heterocycles. The van der Waals surface area contributed by atoms with Crippen LogP contribution in [0.3, 0.4) is 0 Å². The second-order valence-corrected chi connectivity index (χ2v) is 5.29. The van der Waals surface area contributed by atoms with E-state index in [2.05, 4.69) is 10.4 Å². The highest BCUT2D eigenvalue weighted by molar-refractivity contribution is 6.00. The molecule has 5 nitrogen and oxygen atoms in total. The summed E-state index contributed by atoms with van der Waals surface area (Å²) in [5.41, 5.74) is 1.58. The molecule has 0 bridgehead atoms. The molecule has 5 heteroatoms. The number of rotatable bonds is 3. The third-order valence-electron chi connectivity index (χ3n) is 3.98. The van der Waals surface area contributed by atoms with Crippen molar-refractivity contribution < 1.29 is 4.79 Å².